The summed E-state index contributed by atoms with van der Waals surface area (Å²) in [5.41, 5.74) is 0. The molecule has 2 aliphatic rings. The summed E-state index contributed by atoms with van der Waals surface area (Å²) in [5, 5.41) is 3.42. The van der Waals surface area contributed by atoms with E-state index >= 15 is 0 Å². The summed E-state index contributed by atoms with van der Waals surface area (Å²) in [7, 11) is 0. The van der Waals surface area contributed by atoms with Gasteiger partial charge in [-0.3, -0.25) is 4.90 Å². The predicted octanol–water partition coefficient (Wildman–Crippen LogP) is 2.31. The molecule has 1 heterocycles. The summed E-state index contributed by atoms with van der Waals surface area (Å²) in [6.07, 6.45) is 5.90. The molecule has 2 unspecified atom stereocenters. The molecule has 0 bridgehead atoms. The maximum atomic E-state index is 3.42. The molecule has 0 radical (unpaired) electrons. The number of hydrogen-bond donors (Lipinski definition) is 1. The molecule has 1 saturated carbocycles. The van der Waals surface area contributed by atoms with Gasteiger partial charge in [0.2, 0.25) is 0 Å². The van der Waals surface area contributed by atoms with Gasteiger partial charge < -0.3 is 5.32 Å². The van der Waals surface area contributed by atoms with Crippen LogP contribution in [-0.2, 0) is 0 Å². The first-order chi connectivity index (χ1) is 7.25. The van der Waals surface area contributed by atoms with Crippen molar-refractivity contribution < 1.29 is 0 Å². The third-order valence-electron chi connectivity index (χ3n) is 4.22. The first-order valence-electron chi connectivity index (χ1n) is 6.69. The maximum absolute atomic E-state index is 3.42. The molecule has 1 saturated heterocycles. The van der Waals surface area contributed by atoms with Crippen molar-refractivity contribution in [2.45, 2.75) is 39.5 Å². The molecular weight excluding hydrogens is 184 g/mol. The molecule has 2 nitrogen and oxygen atoms in total. The van der Waals surface area contributed by atoms with E-state index < -0.39 is 0 Å². The highest BCUT2D eigenvalue weighted by Gasteiger charge is 2.26. The molecule has 0 aromatic carbocycles. The standard InChI is InChI=1S/C13H26N2/c1-11(2)13-5-3-4-12(8-13)9-15-7-6-14-10-15/h11-14H,3-10H2,1-2H3. The Morgan fingerprint density at radius 1 is 1.33 bits per heavy atom. The van der Waals surface area contributed by atoms with Crippen molar-refractivity contribution in [1.82, 2.24) is 10.2 Å². The summed E-state index contributed by atoms with van der Waals surface area (Å²) < 4.78 is 0. The van der Waals surface area contributed by atoms with Crippen LogP contribution in [0.5, 0.6) is 0 Å². The minimum absolute atomic E-state index is 0.893. The van der Waals surface area contributed by atoms with Gasteiger partial charge in [0, 0.05) is 26.3 Å². The molecule has 2 fully saturated rings. The second-order valence-corrected chi connectivity index (χ2v) is 5.77. The molecule has 0 aromatic rings. The first-order valence-corrected chi connectivity index (χ1v) is 6.69. The topological polar surface area (TPSA) is 15.3 Å². The molecule has 1 N–H and O–H groups in total. The molecule has 15 heavy (non-hydrogen) atoms. The zero-order valence-electron chi connectivity index (χ0n) is 10.3. The van der Waals surface area contributed by atoms with Gasteiger partial charge >= 0.3 is 0 Å². The van der Waals surface area contributed by atoms with E-state index in [9.17, 15) is 0 Å². The van der Waals surface area contributed by atoms with Gasteiger partial charge in [-0.15, -0.1) is 0 Å². The highest BCUT2D eigenvalue weighted by Crippen LogP contribution is 2.33. The highest BCUT2D eigenvalue weighted by molar-refractivity contribution is 4.78. The van der Waals surface area contributed by atoms with Crippen LogP contribution in [0.3, 0.4) is 0 Å². The minimum Gasteiger partial charge on any atom is -0.303 e. The molecule has 0 aromatic heterocycles. The molecule has 0 spiro atoms. The molecule has 0 amide bonds. The third kappa shape index (κ3) is 3.18. The van der Waals surface area contributed by atoms with Crippen molar-refractivity contribution in [3.05, 3.63) is 0 Å². The van der Waals surface area contributed by atoms with E-state index in [2.05, 4.69) is 24.1 Å². The molecule has 1 aliphatic carbocycles. The molecule has 88 valence electrons. The Labute approximate surface area is 94.4 Å². The summed E-state index contributed by atoms with van der Waals surface area (Å²) in [6, 6.07) is 0. The lowest BCUT2D eigenvalue weighted by molar-refractivity contribution is 0.169. The molecule has 2 atom stereocenters. The Balaban J connectivity index is 1.76. The fraction of sp³-hybridized carbons (Fsp3) is 1.00. The Bertz CT molecular complexity index is 183. The summed E-state index contributed by atoms with van der Waals surface area (Å²) in [6.45, 7) is 9.72. The van der Waals surface area contributed by atoms with E-state index in [-0.39, 0.29) is 0 Å². The van der Waals surface area contributed by atoms with Crippen LogP contribution in [0.25, 0.3) is 0 Å². The zero-order chi connectivity index (χ0) is 10.7. The normalized spacial score (nSPS) is 33.8. The summed E-state index contributed by atoms with van der Waals surface area (Å²) >= 11 is 0. The Morgan fingerprint density at radius 3 is 2.87 bits per heavy atom. The lowest BCUT2D eigenvalue weighted by atomic mass is 9.76. The number of nitrogens with zero attached hydrogens (tertiary/aromatic N) is 1. The maximum Gasteiger partial charge on any atom is 0.0481 e. The quantitative estimate of drug-likeness (QED) is 0.769. The van der Waals surface area contributed by atoms with E-state index in [4.69, 9.17) is 0 Å². The monoisotopic (exact) mass is 210 g/mol. The van der Waals surface area contributed by atoms with E-state index in [1.807, 2.05) is 0 Å². The van der Waals surface area contributed by atoms with Crippen LogP contribution in [0, 0.1) is 17.8 Å². The van der Waals surface area contributed by atoms with Crippen molar-refractivity contribution >= 4 is 0 Å². The Morgan fingerprint density at radius 2 is 2.20 bits per heavy atom. The van der Waals surface area contributed by atoms with Crippen molar-refractivity contribution in [1.29, 1.82) is 0 Å². The van der Waals surface area contributed by atoms with Gasteiger partial charge in [0.05, 0.1) is 0 Å². The third-order valence-corrected chi connectivity index (χ3v) is 4.22. The Kier molecular flexibility index (Phi) is 4.04. The van der Waals surface area contributed by atoms with E-state index in [0.29, 0.717) is 0 Å². The van der Waals surface area contributed by atoms with Gasteiger partial charge in [0.15, 0.2) is 0 Å². The first kappa shape index (κ1) is 11.4. The average molecular weight is 210 g/mol. The molecule has 2 heteroatoms. The molecule has 2 rings (SSSR count). The van der Waals surface area contributed by atoms with Crippen LogP contribution in [0.2, 0.25) is 0 Å². The fourth-order valence-corrected chi connectivity index (χ4v) is 3.18. The van der Waals surface area contributed by atoms with Gasteiger partial charge in [-0.2, -0.15) is 0 Å². The minimum atomic E-state index is 0.893. The van der Waals surface area contributed by atoms with Crippen LogP contribution >= 0.6 is 0 Å². The van der Waals surface area contributed by atoms with Gasteiger partial charge in [0.1, 0.15) is 0 Å². The highest BCUT2D eigenvalue weighted by atomic mass is 15.3. The van der Waals surface area contributed by atoms with Crippen molar-refractivity contribution in [2.75, 3.05) is 26.3 Å². The smallest absolute Gasteiger partial charge is 0.0481 e. The van der Waals surface area contributed by atoms with Gasteiger partial charge in [-0.25, -0.2) is 0 Å². The second kappa shape index (κ2) is 5.31. The largest absolute Gasteiger partial charge is 0.303 e. The number of nitrogens with one attached hydrogen (secondary N) is 1. The van der Waals surface area contributed by atoms with Crippen molar-refractivity contribution in [3.8, 4) is 0 Å². The van der Waals surface area contributed by atoms with Crippen molar-refractivity contribution in [3.63, 3.8) is 0 Å². The second-order valence-electron chi connectivity index (χ2n) is 5.77. The van der Waals surface area contributed by atoms with E-state index in [1.165, 1.54) is 45.3 Å². The number of rotatable bonds is 3. The van der Waals surface area contributed by atoms with Crippen LogP contribution < -0.4 is 5.32 Å². The number of hydrogen-bond acceptors (Lipinski definition) is 2. The van der Waals surface area contributed by atoms with Gasteiger partial charge in [-0.1, -0.05) is 26.7 Å². The van der Waals surface area contributed by atoms with Crippen LogP contribution in [-0.4, -0.2) is 31.2 Å². The average Bonchev–Trinajstić information content (AvgIpc) is 2.71. The summed E-state index contributed by atoms with van der Waals surface area (Å²) in [5.74, 6) is 2.87. The van der Waals surface area contributed by atoms with E-state index in [1.54, 1.807) is 0 Å². The van der Waals surface area contributed by atoms with Gasteiger partial charge in [0.25, 0.3) is 0 Å². The lowest BCUT2D eigenvalue weighted by Gasteiger charge is -2.33. The predicted molar refractivity (Wildman–Crippen MR) is 64.7 cm³/mol. The Hall–Kier alpha value is -0.0800. The van der Waals surface area contributed by atoms with Crippen LogP contribution in [0.15, 0.2) is 0 Å². The fourth-order valence-electron chi connectivity index (χ4n) is 3.18. The van der Waals surface area contributed by atoms with E-state index in [0.717, 1.165) is 24.4 Å². The molecular formula is C13H26N2. The van der Waals surface area contributed by atoms with Gasteiger partial charge in [-0.05, 0) is 30.6 Å². The van der Waals surface area contributed by atoms with Crippen LogP contribution in [0.1, 0.15) is 39.5 Å². The zero-order valence-corrected chi connectivity index (χ0v) is 10.3. The SMILES string of the molecule is CC(C)C1CCCC(CN2CCNC2)C1. The summed E-state index contributed by atoms with van der Waals surface area (Å²) in [4.78, 5) is 2.59. The van der Waals surface area contributed by atoms with Crippen LogP contribution in [0.4, 0.5) is 0 Å². The lowest BCUT2D eigenvalue weighted by Crippen LogP contribution is -2.32. The van der Waals surface area contributed by atoms with Crippen molar-refractivity contribution in [2.24, 2.45) is 17.8 Å². The molecule has 1 aliphatic heterocycles.